The molecule has 1 rings (SSSR count). The molecule has 0 aliphatic heterocycles. The van der Waals surface area contributed by atoms with Crippen molar-refractivity contribution in [2.24, 2.45) is 0 Å². The lowest BCUT2D eigenvalue weighted by Gasteiger charge is -2.14. The molecule has 0 fully saturated rings. The van der Waals surface area contributed by atoms with Crippen molar-refractivity contribution in [2.45, 2.75) is 6.92 Å². The summed E-state index contributed by atoms with van der Waals surface area (Å²) >= 11 is 9.22. The maximum atomic E-state index is 11.8. The van der Waals surface area contributed by atoms with Crippen LogP contribution in [0.5, 0.6) is 0 Å². The van der Waals surface area contributed by atoms with E-state index in [1.165, 1.54) is 0 Å². The normalized spacial score (nSPS) is 10.6. The molecule has 1 aromatic rings. The third-order valence-electron chi connectivity index (χ3n) is 2.50. The molecule has 1 amide bonds. The number of likely N-dealkylation sites (N-methyl/N-ethyl adjacent to an activating group) is 1. The van der Waals surface area contributed by atoms with E-state index in [1.807, 2.05) is 7.05 Å². The van der Waals surface area contributed by atoms with Crippen LogP contribution in [0, 0.1) is 0 Å². The van der Waals surface area contributed by atoms with Crippen molar-refractivity contribution in [1.29, 1.82) is 0 Å². The molecule has 17 heavy (non-hydrogen) atoms. The van der Waals surface area contributed by atoms with Crippen molar-refractivity contribution in [2.75, 3.05) is 26.7 Å². The third kappa shape index (κ3) is 4.66. The minimum atomic E-state index is -0.0936. The summed E-state index contributed by atoms with van der Waals surface area (Å²) in [6, 6.07) is 5.18. The van der Waals surface area contributed by atoms with E-state index in [0.717, 1.165) is 17.6 Å². The summed E-state index contributed by atoms with van der Waals surface area (Å²) in [4.78, 5) is 13.9. The quantitative estimate of drug-likeness (QED) is 0.905. The standard InChI is InChI=1S/C12H16BrClN2O/c1-3-16(2)7-6-15-12(17)9-4-5-10(13)11(14)8-9/h4-5,8H,3,6-7H2,1-2H3,(H,15,17). The van der Waals surface area contributed by atoms with Gasteiger partial charge in [0.25, 0.3) is 5.91 Å². The van der Waals surface area contributed by atoms with Crippen LogP contribution in [0.3, 0.4) is 0 Å². The van der Waals surface area contributed by atoms with E-state index in [2.05, 4.69) is 33.1 Å². The van der Waals surface area contributed by atoms with Crippen molar-refractivity contribution in [3.8, 4) is 0 Å². The summed E-state index contributed by atoms with van der Waals surface area (Å²) in [5.41, 5.74) is 0.581. The molecular formula is C12H16BrClN2O. The van der Waals surface area contributed by atoms with Crippen LogP contribution in [0.15, 0.2) is 22.7 Å². The highest BCUT2D eigenvalue weighted by Crippen LogP contribution is 2.22. The van der Waals surface area contributed by atoms with Gasteiger partial charge in [-0.2, -0.15) is 0 Å². The zero-order valence-corrected chi connectivity index (χ0v) is 12.3. The average Bonchev–Trinajstić information content (AvgIpc) is 2.32. The van der Waals surface area contributed by atoms with Crippen LogP contribution in [0.25, 0.3) is 0 Å². The second-order valence-corrected chi connectivity index (χ2v) is 5.04. The fourth-order valence-electron chi connectivity index (χ4n) is 1.26. The van der Waals surface area contributed by atoms with Gasteiger partial charge < -0.3 is 10.2 Å². The van der Waals surface area contributed by atoms with Crippen LogP contribution in [0.4, 0.5) is 0 Å². The molecule has 0 heterocycles. The molecule has 0 radical (unpaired) electrons. The lowest BCUT2D eigenvalue weighted by molar-refractivity contribution is 0.0950. The minimum Gasteiger partial charge on any atom is -0.351 e. The molecule has 0 bridgehead atoms. The maximum absolute atomic E-state index is 11.8. The fourth-order valence-corrected chi connectivity index (χ4v) is 1.69. The van der Waals surface area contributed by atoms with Crippen molar-refractivity contribution in [3.05, 3.63) is 33.3 Å². The van der Waals surface area contributed by atoms with Gasteiger partial charge in [-0.05, 0) is 47.7 Å². The Bertz CT molecular complexity index is 398. The number of halogens is 2. The summed E-state index contributed by atoms with van der Waals surface area (Å²) in [5.74, 6) is -0.0936. The van der Waals surface area contributed by atoms with Crippen LogP contribution in [0.2, 0.25) is 5.02 Å². The van der Waals surface area contributed by atoms with E-state index in [4.69, 9.17) is 11.6 Å². The van der Waals surface area contributed by atoms with Gasteiger partial charge >= 0.3 is 0 Å². The number of benzene rings is 1. The predicted molar refractivity (Wildman–Crippen MR) is 74.7 cm³/mol. The Labute approximate surface area is 115 Å². The van der Waals surface area contributed by atoms with Gasteiger partial charge in [0.2, 0.25) is 0 Å². The summed E-state index contributed by atoms with van der Waals surface area (Å²) in [6.45, 7) is 4.53. The molecule has 0 saturated carbocycles. The topological polar surface area (TPSA) is 32.3 Å². The first-order valence-electron chi connectivity index (χ1n) is 5.46. The molecule has 94 valence electrons. The number of carbonyl (C=O) groups is 1. The van der Waals surface area contributed by atoms with Crippen LogP contribution >= 0.6 is 27.5 Å². The van der Waals surface area contributed by atoms with E-state index in [1.54, 1.807) is 18.2 Å². The van der Waals surface area contributed by atoms with Gasteiger partial charge in [-0.25, -0.2) is 0 Å². The lowest BCUT2D eigenvalue weighted by atomic mass is 10.2. The molecule has 0 aromatic heterocycles. The van der Waals surface area contributed by atoms with Crippen LogP contribution in [-0.4, -0.2) is 37.5 Å². The first-order chi connectivity index (χ1) is 8.04. The minimum absolute atomic E-state index is 0.0936. The van der Waals surface area contributed by atoms with E-state index in [0.29, 0.717) is 17.1 Å². The highest BCUT2D eigenvalue weighted by molar-refractivity contribution is 9.10. The predicted octanol–water partition coefficient (Wildman–Crippen LogP) is 2.78. The zero-order chi connectivity index (χ0) is 12.8. The van der Waals surface area contributed by atoms with Crippen molar-refractivity contribution < 1.29 is 4.79 Å². The van der Waals surface area contributed by atoms with E-state index in [-0.39, 0.29) is 5.91 Å². The molecular weight excluding hydrogens is 304 g/mol. The summed E-state index contributed by atoms with van der Waals surface area (Å²) in [7, 11) is 2.02. The Kier molecular flexibility index (Phi) is 5.95. The van der Waals surface area contributed by atoms with E-state index < -0.39 is 0 Å². The number of amides is 1. The third-order valence-corrected chi connectivity index (χ3v) is 3.73. The lowest BCUT2D eigenvalue weighted by Crippen LogP contribution is -2.32. The molecule has 3 nitrogen and oxygen atoms in total. The van der Waals surface area contributed by atoms with Crippen molar-refractivity contribution >= 4 is 33.4 Å². The summed E-state index contributed by atoms with van der Waals surface area (Å²) in [5, 5.41) is 3.40. The number of hydrogen-bond acceptors (Lipinski definition) is 2. The number of rotatable bonds is 5. The second kappa shape index (κ2) is 6.99. The van der Waals surface area contributed by atoms with Gasteiger partial charge in [0.05, 0.1) is 5.02 Å². The first kappa shape index (κ1) is 14.5. The maximum Gasteiger partial charge on any atom is 0.251 e. The molecule has 0 spiro atoms. The molecule has 0 aliphatic carbocycles. The van der Waals surface area contributed by atoms with Gasteiger partial charge in [0.1, 0.15) is 0 Å². The number of carbonyl (C=O) groups excluding carboxylic acids is 1. The average molecular weight is 320 g/mol. The number of hydrogen-bond donors (Lipinski definition) is 1. The van der Waals surface area contributed by atoms with Crippen LogP contribution < -0.4 is 5.32 Å². The summed E-state index contributed by atoms with van der Waals surface area (Å²) < 4.78 is 0.793. The fraction of sp³-hybridized carbons (Fsp3) is 0.417. The highest BCUT2D eigenvalue weighted by atomic mass is 79.9. The molecule has 0 unspecified atom stereocenters. The summed E-state index contributed by atoms with van der Waals surface area (Å²) in [6.07, 6.45) is 0. The van der Waals surface area contributed by atoms with Crippen molar-refractivity contribution in [3.63, 3.8) is 0 Å². The van der Waals surface area contributed by atoms with Gasteiger partial charge in [-0.3, -0.25) is 4.79 Å². The molecule has 1 N–H and O–H groups in total. The Balaban J connectivity index is 2.50. The Morgan fingerprint density at radius 2 is 2.24 bits per heavy atom. The Morgan fingerprint density at radius 3 is 2.82 bits per heavy atom. The van der Waals surface area contributed by atoms with E-state index in [9.17, 15) is 4.79 Å². The molecule has 0 saturated heterocycles. The largest absolute Gasteiger partial charge is 0.351 e. The molecule has 1 aromatic carbocycles. The second-order valence-electron chi connectivity index (χ2n) is 3.78. The Hall–Kier alpha value is -0.580. The van der Waals surface area contributed by atoms with Gasteiger partial charge in [0.15, 0.2) is 0 Å². The number of nitrogens with zero attached hydrogens (tertiary/aromatic N) is 1. The number of nitrogens with one attached hydrogen (secondary N) is 1. The highest BCUT2D eigenvalue weighted by Gasteiger charge is 2.07. The smallest absolute Gasteiger partial charge is 0.251 e. The monoisotopic (exact) mass is 318 g/mol. The SMILES string of the molecule is CCN(C)CCNC(=O)c1ccc(Br)c(Cl)c1. The van der Waals surface area contributed by atoms with Gasteiger partial charge in [0, 0.05) is 23.1 Å². The Morgan fingerprint density at radius 1 is 1.53 bits per heavy atom. The van der Waals surface area contributed by atoms with Crippen molar-refractivity contribution in [1.82, 2.24) is 10.2 Å². The van der Waals surface area contributed by atoms with Crippen LogP contribution in [0.1, 0.15) is 17.3 Å². The van der Waals surface area contributed by atoms with Gasteiger partial charge in [-0.15, -0.1) is 0 Å². The molecule has 0 aliphatic rings. The van der Waals surface area contributed by atoms with Crippen LogP contribution in [-0.2, 0) is 0 Å². The molecule has 0 atom stereocenters. The van der Waals surface area contributed by atoms with Gasteiger partial charge in [-0.1, -0.05) is 18.5 Å². The first-order valence-corrected chi connectivity index (χ1v) is 6.63. The zero-order valence-electron chi connectivity index (χ0n) is 9.96. The van der Waals surface area contributed by atoms with E-state index >= 15 is 0 Å². The molecule has 5 heteroatoms.